The van der Waals surface area contributed by atoms with Crippen LogP contribution in [0.2, 0.25) is 0 Å². The topological polar surface area (TPSA) is 61.4 Å². The quantitative estimate of drug-likeness (QED) is 0.665. The number of likely N-dealkylation sites (tertiary alicyclic amines) is 1. The minimum Gasteiger partial charge on any atom is -0.339 e. The van der Waals surface area contributed by atoms with Gasteiger partial charge in [0.25, 0.3) is 11.8 Å². The van der Waals surface area contributed by atoms with Crippen molar-refractivity contribution in [3.63, 3.8) is 0 Å². The van der Waals surface area contributed by atoms with Crippen LogP contribution in [0.4, 0.5) is 5.69 Å². The molecule has 2 N–H and O–H groups in total. The highest BCUT2D eigenvalue weighted by molar-refractivity contribution is 9.10. The molecule has 0 spiro atoms. The molecule has 1 saturated heterocycles. The Morgan fingerprint density at radius 1 is 1.07 bits per heavy atom. The number of carbonyl (C=O) groups excluding carboxylic acids is 2. The Morgan fingerprint density at radius 2 is 1.75 bits per heavy atom. The van der Waals surface area contributed by atoms with Crippen molar-refractivity contribution in [1.29, 1.82) is 0 Å². The van der Waals surface area contributed by atoms with Crippen LogP contribution in [-0.4, -0.2) is 34.9 Å². The van der Waals surface area contributed by atoms with Crippen molar-refractivity contribution in [2.45, 2.75) is 19.8 Å². The van der Waals surface area contributed by atoms with Gasteiger partial charge in [0.1, 0.15) is 0 Å². The number of hydrogen-bond acceptors (Lipinski definition) is 3. The van der Waals surface area contributed by atoms with Crippen LogP contribution in [0, 0.1) is 5.92 Å². The summed E-state index contributed by atoms with van der Waals surface area (Å²) in [6, 6.07) is 14.2. The lowest BCUT2D eigenvalue weighted by Crippen LogP contribution is -2.37. The standard InChI is InChI=1S/C21H22BrN3O2S/c1-14-9-11-25(12-10-14)20(27)15-5-7-18(8-6-15)23-21(28)24-19(26)16-3-2-4-17(22)13-16/h2-8,13-14H,9-12H2,1H3,(H2,23,24,26,28). The minimum absolute atomic E-state index is 0.0592. The first-order chi connectivity index (χ1) is 13.4. The largest absolute Gasteiger partial charge is 0.339 e. The zero-order valence-electron chi connectivity index (χ0n) is 15.6. The number of benzene rings is 2. The number of thiocarbonyl (C=S) groups is 1. The molecule has 0 aromatic heterocycles. The molecule has 1 aliphatic heterocycles. The Hall–Kier alpha value is -2.25. The predicted octanol–water partition coefficient (Wildman–Crippen LogP) is 4.45. The summed E-state index contributed by atoms with van der Waals surface area (Å²) in [5, 5.41) is 5.82. The molecule has 28 heavy (non-hydrogen) atoms. The van der Waals surface area contributed by atoms with Crippen molar-refractivity contribution in [3.05, 3.63) is 64.1 Å². The molecule has 2 aromatic carbocycles. The zero-order valence-corrected chi connectivity index (χ0v) is 18.0. The molecule has 1 fully saturated rings. The fraction of sp³-hybridized carbons (Fsp3) is 0.286. The van der Waals surface area contributed by atoms with Crippen LogP contribution >= 0.6 is 28.1 Å². The third kappa shape index (κ3) is 5.39. The highest BCUT2D eigenvalue weighted by Gasteiger charge is 2.21. The van der Waals surface area contributed by atoms with Gasteiger partial charge in [-0.1, -0.05) is 28.9 Å². The SMILES string of the molecule is CC1CCN(C(=O)c2ccc(NC(=S)NC(=O)c3cccc(Br)c3)cc2)CC1. The van der Waals surface area contributed by atoms with Crippen molar-refractivity contribution >= 4 is 50.8 Å². The fourth-order valence-corrected chi connectivity index (χ4v) is 3.67. The molecule has 1 heterocycles. The maximum absolute atomic E-state index is 12.6. The molecule has 2 aromatic rings. The fourth-order valence-electron chi connectivity index (χ4n) is 3.06. The van der Waals surface area contributed by atoms with E-state index in [1.807, 2.05) is 11.0 Å². The molecule has 0 atom stereocenters. The monoisotopic (exact) mass is 459 g/mol. The van der Waals surface area contributed by atoms with Gasteiger partial charge in [0, 0.05) is 34.4 Å². The lowest BCUT2D eigenvalue weighted by Gasteiger charge is -2.30. The van der Waals surface area contributed by atoms with Crippen LogP contribution in [0.25, 0.3) is 0 Å². The average Bonchev–Trinajstić information content (AvgIpc) is 2.68. The highest BCUT2D eigenvalue weighted by atomic mass is 79.9. The van der Waals surface area contributed by atoms with Crippen molar-refractivity contribution in [2.24, 2.45) is 5.92 Å². The van der Waals surface area contributed by atoms with E-state index in [4.69, 9.17) is 12.2 Å². The molecular weight excluding hydrogens is 438 g/mol. The van der Waals surface area contributed by atoms with E-state index < -0.39 is 0 Å². The van der Waals surface area contributed by atoms with Gasteiger partial charge in [-0.25, -0.2) is 0 Å². The van der Waals surface area contributed by atoms with Crippen molar-refractivity contribution in [3.8, 4) is 0 Å². The lowest BCUT2D eigenvalue weighted by molar-refractivity contribution is 0.0697. The van der Waals surface area contributed by atoms with Gasteiger partial charge in [-0.2, -0.15) is 0 Å². The molecule has 1 aliphatic rings. The molecule has 2 amide bonds. The maximum Gasteiger partial charge on any atom is 0.257 e. The number of nitrogens with one attached hydrogen (secondary N) is 2. The van der Waals surface area contributed by atoms with Crippen LogP contribution in [0.15, 0.2) is 53.0 Å². The number of rotatable bonds is 3. The second-order valence-corrected chi connectivity index (χ2v) is 8.29. The van der Waals surface area contributed by atoms with E-state index in [0.29, 0.717) is 22.7 Å². The van der Waals surface area contributed by atoms with E-state index in [1.54, 1.807) is 42.5 Å². The number of halogens is 1. The third-order valence-corrected chi connectivity index (χ3v) is 5.47. The Bertz CT molecular complexity index is 877. The van der Waals surface area contributed by atoms with Crippen molar-refractivity contribution in [1.82, 2.24) is 10.2 Å². The van der Waals surface area contributed by atoms with Gasteiger partial charge in [-0.3, -0.25) is 14.9 Å². The first-order valence-corrected chi connectivity index (χ1v) is 10.4. The Kier molecular flexibility index (Phi) is 6.80. The van der Waals surface area contributed by atoms with Crippen LogP contribution in [0.3, 0.4) is 0 Å². The van der Waals surface area contributed by atoms with E-state index in [-0.39, 0.29) is 16.9 Å². The number of nitrogens with zero attached hydrogens (tertiary/aromatic N) is 1. The zero-order chi connectivity index (χ0) is 20.1. The highest BCUT2D eigenvalue weighted by Crippen LogP contribution is 2.19. The second-order valence-electron chi connectivity index (χ2n) is 6.97. The molecule has 5 nitrogen and oxygen atoms in total. The van der Waals surface area contributed by atoms with Crippen LogP contribution < -0.4 is 10.6 Å². The minimum atomic E-state index is -0.287. The van der Waals surface area contributed by atoms with Gasteiger partial charge >= 0.3 is 0 Å². The number of carbonyl (C=O) groups is 2. The third-order valence-electron chi connectivity index (χ3n) is 4.77. The van der Waals surface area contributed by atoms with Gasteiger partial charge in [0.2, 0.25) is 0 Å². The summed E-state index contributed by atoms with van der Waals surface area (Å²) in [4.78, 5) is 26.7. The van der Waals surface area contributed by atoms with Gasteiger partial charge in [0.15, 0.2) is 5.11 Å². The molecule has 7 heteroatoms. The molecule has 0 unspecified atom stereocenters. The van der Waals surface area contributed by atoms with Gasteiger partial charge < -0.3 is 10.2 Å². The molecule has 146 valence electrons. The summed E-state index contributed by atoms with van der Waals surface area (Å²) in [5.41, 5.74) is 1.88. The summed E-state index contributed by atoms with van der Waals surface area (Å²) in [6.45, 7) is 3.85. The summed E-state index contributed by atoms with van der Waals surface area (Å²) < 4.78 is 0.822. The Labute approximate surface area is 178 Å². The number of piperidine rings is 1. The van der Waals surface area contributed by atoms with E-state index in [1.165, 1.54) is 0 Å². The summed E-state index contributed by atoms with van der Waals surface area (Å²) in [7, 11) is 0. The van der Waals surface area contributed by atoms with Gasteiger partial charge in [-0.15, -0.1) is 0 Å². The van der Waals surface area contributed by atoms with Crippen LogP contribution in [0.1, 0.15) is 40.5 Å². The normalized spacial score (nSPS) is 14.4. The lowest BCUT2D eigenvalue weighted by atomic mass is 9.98. The predicted molar refractivity (Wildman–Crippen MR) is 119 cm³/mol. The number of anilines is 1. The summed E-state index contributed by atoms with van der Waals surface area (Å²) in [5.74, 6) is 0.456. The molecule has 0 radical (unpaired) electrons. The Morgan fingerprint density at radius 3 is 2.39 bits per heavy atom. The summed E-state index contributed by atoms with van der Waals surface area (Å²) >= 11 is 8.55. The van der Waals surface area contributed by atoms with Crippen molar-refractivity contribution < 1.29 is 9.59 Å². The van der Waals surface area contributed by atoms with E-state index >= 15 is 0 Å². The maximum atomic E-state index is 12.6. The van der Waals surface area contributed by atoms with Gasteiger partial charge in [0.05, 0.1) is 0 Å². The molecule has 0 aliphatic carbocycles. The summed E-state index contributed by atoms with van der Waals surface area (Å²) in [6.07, 6.45) is 2.11. The molecule has 0 bridgehead atoms. The van der Waals surface area contributed by atoms with Crippen LogP contribution in [0.5, 0.6) is 0 Å². The average molecular weight is 460 g/mol. The first kappa shape index (κ1) is 20.5. The van der Waals surface area contributed by atoms with E-state index in [0.717, 1.165) is 30.4 Å². The van der Waals surface area contributed by atoms with Gasteiger partial charge in [-0.05, 0) is 73.4 Å². The first-order valence-electron chi connectivity index (χ1n) is 9.19. The van der Waals surface area contributed by atoms with E-state index in [9.17, 15) is 9.59 Å². The molecule has 0 saturated carbocycles. The molecule has 3 rings (SSSR count). The Balaban J connectivity index is 1.55. The second kappa shape index (κ2) is 9.30. The smallest absolute Gasteiger partial charge is 0.257 e. The molecular formula is C21H22BrN3O2S. The van der Waals surface area contributed by atoms with Crippen molar-refractivity contribution in [2.75, 3.05) is 18.4 Å². The number of amides is 2. The van der Waals surface area contributed by atoms with E-state index in [2.05, 4.69) is 33.5 Å². The van der Waals surface area contributed by atoms with Crippen LogP contribution in [-0.2, 0) is 0 Å². The number of hydrogen-bond donors (Lipinski definition) is 2.